The molecule has 2 aliphatic heterocycles. The molecule has 2 amide bonds. The van der Waals surface area contributed by atoms with Crippen LogP contribution in [-0.4, -0.2) is 74.8 Å². The van der Waals surface area contributed by atoms with Crippen LogP contribution in [0.15, 0.2) is 30.3 Å². The maximum Gasteiger partial charge on any atom is 0.408 e. The van der Waals surface area contributed by atoms with Crippen molar-refractivity contribution in [1.82, 2.24) is 15.1 Å². The molecule has 2 saturated heterocycles. The zero-order valence-electron chi connectivity index (χ0n) is 18.2. The fraction of sp³-hybridized carbons (Fsp3) is 0.652. The lowest BCUT2D eigenvalue weighted by Gasteiger charge is -2.40. The van der Waals surface area contributed by atoms with E-state index in [1.54, 1.807) is 0 Å². The van der Waals surface area contributed by atoms with E-state index in [9.17, 15) is 9.59 Å². The Morgan fingerprint density at radius 3 is 2.23 bits per heavy atom. The fourth-order valence-corrected chi connectivity index (χ4v) is 4.56. The summed E-state index contributed by atoms with van der Waals surface area (Å²) in [4.78, 5) is 29.5. The molecule has 2 heterocycles. The van der Waals surface area contributed by atoms with Gasteiger partial charge in [0.05, 0.1) is 6.61 Å². The Morgan fingerprint density at radius 1 is 1.03 bits per heavy atom. The van der Waals surface area contributed by atoms with Crippen molar-refractivity contribution < 1.29 is 19.1 Å². The first-order valence-corrected chi connectivity index (χ1v) is 11.0. The number of methoxy groups -OCH3 is 1. The van der Waals surface area contributed by atoms with E-state index < -0.39 is 12.1 Å². The topological polar surface area (TPSA) is 71.1 Å². The van der Waals surface area contributed by atoms with Crippen LogP contribution in [0, 0.1) is 11.8 Å². The molecule has 2 aliphatic rings. The zero-order chi connectivity index (χ0) is 21.3. The third-order valence-corrected chi connectivity index (χ3v) is 6.42. The molecule has 1 aromatic rings. The van der Waals surface area contributed by atoms with Crippen molar-refractivity contribution in [1.29, 1.82) is 0 Å². The Hall–Kier alpha value is -2.12. The van der Waals surface area contributed by atoms with E-state index >= 15 is 0 Å². The van der Waals surface area contributed by atoms with Gasteiger partial charge in [0.25, 0.3) is 0 Å². The molecule has 1 atom stereocenters. The lowest BCUT2D eigenvalue weighted by molar-refractivity contribution is -0.136. The van der Waals surface area contributed by atoms with E-state index in [-0.39, 0.29) is 19.1 Å². The average Bonchev–Trinajstić information content (AvgIpc) is 2.78. The SMILES string of the molecule is COC[C@@H](NC(=O)OCc1ccccc1)C(=O)N1CCC(C2CCN(C)CC2)CC1. The van der Waals surface area contributed by atoms with Crippen LogP contribution in [0.3, 0.4) is 0 Å². The number of rotatable bonds is 7. The minimum absolute atomic E-state index is 0.0876. The van der Waals surface area contributed by atoms with Gasteiger partial charge in [-0.2, -0.15) is 0 Å². The molecule has 1 aromatic carbocycles. The molecule has 0 saturated carbocycles. The molecule has 0 spiro atoms. The summed E-state index contributed by atoms with van der Waals surface area (Å²) in [6.45, 7) is 4.15. The number of carbonyl (C=O) groups is 2. The van der Waals surface area contributed by atoms with E-state index in [1.165, 1.54) is 33.0 Å². The van der Waals surface area contributed by atoms with Crippen molar-refractivity contribution in [3.05, 3.63) is 35.9 Å². The smallest absolute Gasteiger partial charge is 0.408 e. The molecule has 0 aliphatic carbocycles. The van der Waals surface area contributed by atoms with Gasteiger partial charge in [-0.3, -0.25) is 4.79 Å². The normalized spacial score (nSPS) is 20.0. The first kappa shape index (κ1) is 22.6. The number of benzene rings is 1. The Morgan fingerprint density at radius 2 is 1.63 bits per heavy atom. The highest BCUT2D eigenvalue weighted by atomic mass is 16.5. The maximum atomic E-state index is 13.0. The summed E-state index contributed by atoms with van der Waals surface area (Å²) in [6, 6.07) is 8.75. The average molecular weight is 418 g/mol. The van der Waals surface area contributed by atoms with Gasteiger partial charge >= 0.3 is 6.09 Å². The Labute approximate surface area is 179 Å². The van der Waals surface area contributed by atoms with E-state index in [1.807, 2.05) is 35.2 Å². The van der Waals surface area contributed by atoms with Crippen LogP contribution in [0.25, 0.3) is 0 Å². The quantitative estimate of drug-likeness (QED) is 0.738. The van der Waals surface area contributed by atoms with Crippen LogP contribution >= 0.6 is 0 Å². The second kappa shape index (κ2) is 11.3. The lowest BCUT2D eigenvalue weighted by atomic mass is 9.79. The standard InChI is InChI=1S/C23H35N3O4/c1-25-12-8-19(9-13-25)20-10-14-26(15-11-20)22(27)21(17-29-2)24-23(28)30-16-18-6-4-3-5-7-18/h3-7,19-21H,8-17H2,1-2H3,(H,24,28)/t21-/m1/s1. The van der Waals surface area contributed by atoms with Crippen molar-refractivity contribution in [2.75, 3.05) is 46.9 Å². The number of likely N-dealkylation sites (tertiary alicyclic amines) is 2. The number of hydrogen-bond acceptors (Lipinski definition) is 5. The number of alkyl carbamates (subject to hydrolysis) is 1. The van der Waals surface area contributed by atoms with Gasteiger partial charge in [0.1, 0.15) is 12.6 Å². The number of nitrogens with one attached hydrogen (secondary N) is 1. The summed E-state index contributed by atoms with van der Waals surface area (Å²) >= 11 is 0. The predicted molar refractivity (Wildman–Crippen MR) is 115 cm³/mol. The van der Waals surface area contributed by atoms with Crippen LogP contribution in [0.4, 0.5) is 4.79 Å². The largest absolute Gasteiger partial charge is 0.445 e. The highest BCUT2D eigenvalue weighted by molar-refractivity contribution is 5.86. The van der Waals surface area contributed by atoms with Gasteiger partial charge in [-0.15, -0.1) is 0 Å². The van der Waals surface area contributed by atoms with Crippen LogP contribution in [0.2, 0.25) is 0 Å². The number of nitrogens with zero attached hydrogens (tertiary/aromatic N) is 2. The van der Waals surface area contributed by atoms with Crippen molar-refractivity contribution in [3.63, 3.8) is 0 Å². The third kappa shape index (κ3) is 6.44. The molecule has 0 radical (unpaired) electrons. The van der Waals surface area contributed by atoms with E-state index in [0.29, 0.717) is 5.92 Å². The molecular weight excluding hydrogens is 382 g/mol. The van der Waals surface area contributed by atoms with Crippen molar-refractivity contribution in [3.8, 4) is 0 Å². The highest BCUT2D eigenvalue weighted by Crippen LogP contribution is 2.32. The van der Waals surface area contributed by atoms with E-state index in [2.05, 4.69) is 17.3 Å². The van der Waals surface area contributed by atoms with E-state index in [0.717, 1.165) is 37.4 Å². The predicted octanol–water partition coefficient (Wildman–Crippen LogP) is 2.51. The summed E-state index contributed by atoms with van der Waals surface area (Å²) in [6.07, 6.45) is 4.00. The van der Waals surface area contributed by atoms with Gasteiger partial charge in [-0.25, -0.2) is 4.79 Å². The minimum Gasteiger partial charge on any atom is -0.445 e. The molecule has 0 aromatic heterocycles. The number of amides is 2. The summed E-state index contributed by atoms with van der Waals surface area (Å²) in [5, 5.41) is 2.68. The summed E-state index contributed by atoms with van der Waals surface area (Å²) < 4.78 is 10.5. The van der Waals surface area contributed by atoms with Gasteiger partial charge in [-0.05, 0) is 63.2 Å². The van der Waals surface area contributed by atoms with Gasteiger partial charge in [0.15, 0.2) is 0 Å². The molecule has 7 heteroatoms. The van der Waals surface area contributed by atoms with Gasteiger partial charge < -0.3 is 24.6 Å². The number of carbonyl (C=O) groups excluding carboxylic acids is 2. The first-order chi connectivity index (χ1) is 14.6. The van der Waals surface area contributed by atoms with Crippen LogP contribution in [-0.2, 0) is 20.9 Å². The van der Waals surface area contributed by atoms with Gasteiger partial charge in [0.2, 0.25) is 5.91 Å². The van der Waals surface area contributed by atoms with Crippen LogP contribution in [0.5, 0.6) is 0 Å². The maximum absolute atomic E-state index is 13.0. The van der Waals surface area contributed by atoms with Gasteiger partial charge in [0, 0.05) is 20.2 Å². The Balaban J connectivity index is 1.46. The second-order valence-electron chi connectivity index (χ2n) is 8.52. The van der Waals surface area contributed by atoms with Crippen LogP contribution < -0.4 is 5.32 Å². The lowest BCUT2D eigenvalue weighted by Crippen LogP contribution is -2.53. The Kier molecular flexibility index (Phi) is 8.51. The molecule has 3 rings (SSSR count). The molecule has 30 heavy (non-hydrogen) atoms. The highest BCUT2D eigenvalue weighted by Gasteiger charge is 2.33. The first-order valence-electron chi connectivity index (χ1n) is 11.0. The van der Waals surface area contributed by atoms with Crippen LogP contribution in [0.1, 0.15) is 31.2 Å². The van der Waals surface area contributed by atoms with E-state index in [4.69, 9.17) is 9.47 Å². The molecule has 166 valence electrons. The molecule has 2 fully saturated rings. The molecule has 7 nitrogen and oxygen atoms in total. The van der Waals surface area contributed by atoms with Crippen molar-refractivity contribution in [2.45, 2.75) is 38.3 Å². The summed E-state index contributed by atoms with van der Waals surface area (Å²) in [7, 11) is 3.72. The fourth-order valence-electron chi connectivity index (χ4n) is 4.56. The number of ether oxygens (including phenoxy) is 2. The zero-order valence-corrected chi connectivity index (χ0v) is 18.2. The Bertz CT molecular complexity index is 668. The molecule has 1 N–H and O–H groups in total. The molecule has 0 unspecified atom stereocenters. The molecular formula is C23H35N3O4. The number of hydrogen-bond donors (Lipinski definition) is 1. The number of piperidine rings is 2. The summed E-state index contributed by atoms with van der Waals surface area (Å²) in [5.74, 6) is 1.39. The van der Waals surface area contributed by atoms with Crippen molar-refractivity contribution in [2.24, 2.45) is 11.8 Å². The minimum atomic E-state index is -0.724. The van der Waals surface area contributed by atoms with Gasteiger partial charge in [-0.1, -0.05) is 30.3 Å². The third-order valence-electron chi connectivity index (χ3n) is 6.42. The monoisotopic (exact) mass is 417 g/mol. The summed E-state index contributed by atoms with van der Waals surface area (Å²) in [5.41, 5.74) is 0.901. The molecule has 0 bridgehead atoms. The van der Waals surface area contributed by atoms with Crippen molar-refractivity contribution >= 4 is 12.0 Å². The second-order valence-corrected chi connectivity index (χ2v) is 8.52.